The van der Waals surface area contributed by atoms with E-state index < -0.39 is 37.8 Å². The van der Waals surface area contributed by atoms with Crippen molar-refractivity contribution in [3.63, 3.8) is 0 Å². The van der Waals surface area contributed by atoms with Crippen molar-refractivity contribution in [3.05, 3.63) is 70.1 Å². The minimum Gasteiger partial charge on any atom is -0.507 e. The maximum absolute atomic E-state index is 12.8. The highest BCUT2D eigenvalue weighted by Crippen LogP contribution is 2.24. The lowest BCUT2D eigenvalue weighted by molar-refractivity contribution is 0.0693. The normalized spacial score (nSPS) is 11.4. The zero-order valence-electron chi connectivity index (χ0n) is 14.9. The van der Waals surface area contributed by atoms with Gasteiger partial charge in [0.25, 0.3) is 15.6 Å². The van der Waals surface area contributed by atoms with Gasteiger partial charge in [-0.1, -0.05) is 18.2 Å². The molecular weight excluding hydrogens is 386 g/mol. The summed E-state index contributed by atoms with van der Waals surface area (Å²) in [5.74, 6) is -2.04. The Labute approximate surface area is 160 Å². The van der Waals surface area contributed by atoms with Crippen molar-refractivity contribution in [1.29, 1.82) is 0 Å². The number of carboxylic acid groups (broad SMARTS) is 1. The van der Waals surface area contributed by atoms with Gasteiger partial charge in [0, 0.05) is 7.05 Å². The smallest absolute Gasteiger partial charge is 0.339 e. The van der Waals surface area contributed by atoms with Gasteiger partial charge in [-0.15, -0.1) is 0 Å². The summed E-state index contributed by atoms with van der Waals surface area (Å²) in [5.41, 5.74) is -0.367. The van der Waals surface area contributed by atoms with Gasteiger partial charge in [-0.2, -0.15) is 0 Å². The average Bonchev–Trinajstić information content (AvgIpc) is 2.85. The van der Waals surface area contributed by atoms with Crippen LogP contribution in [0.5, 0.6) is 5.75 Å². The topological polar surface area (TPSA) is 131 Å². The van der Waals surface area contributed by atoms with Crippen LogP contribution in [0.2, 0.25) is 0 Å². The molecule has 10 heteroatoms. The van der Waals surface area contributed by atoms with Crippen molar-refractivity contribution >= 4 is 21.7 Å². The third-order valence-electron chi connectivity index (χ3n) is 4.30. The Morgan fingerprint density at radius 2 is 1.75 bits per heavy atom. The van der Waals surface area contributed by atoms with E-state index in [2.05, 4.69) is 4.72 Å². The molecule has 0 spiro atoms. The number of nitrogens with one attached hydrogen (secondary N) is 1. The van der Waals surface area contributed by atoms with E-state index in [1.807, 2.05) is 0 Å². The van der Waals surface area contributed by atoms with Crippen LogP contribution >= 0.6 is 0 Å². The van der Waals surface area contributed by atoms with Crippen molar-refractivity contribution in [2.45, 2.75) is 11.8 Å². The zero-order valence-corrected chi connectivity index (χ0v) is 15.8. The van der Waals surface area contributed by atoms with Crippen LogP contribution in [0.25, 0.3) is 5.69 Å². The van der Waals surface area contributed by atoms with Gasteiger partial charge in [-0.3, -0.25) is 14.2 Å². The predicted molar refractivity (Wildman–Crippen MR) is 102 cm³/mol. The van der Waals surface area contributed by atoms with Gasteiger partial charge in [0.15, 0.2) is 0 Å². The fourth-order valence-electron chi connectivity index (χ4n) is 2.73. The fourth-order valence-corrected chi connectivity index (χ4v) is 3.87. The average molecular weight is 403 g/mol. The molecule has 0 radical (unpaired) electrons. The number of aromatic hydroxyl groups is 1. The number of nitrogens with zero attached hydrogens (tertiary/aromatic N) is 2. The van der Waals surface area contributed by atoms with E-state index in [1.165, 1.54) is 9.36 Å². The van der Waals surface area contributed by atoms with Gasteiger partial charge in [0.1, 0.15) is 17.0 Å². The third kappa shape index (κ3) is 3.25. The molecule has 28 heavy (non-hydrogen) atoms. The second-order valence-corrected chi connectivity index (χ2v) is 7.71. The van der Waals surface area contributed by atoms with Crippen LogP contribution in [0.3, 0.4) is 0 Å². The molecule has 0 fully saturated rings. The van der Waals surface area contributed by atoms with Gasteiger partial charge >= 0.3 is 5.97 Å². The molecule has 0 aliphatic rings. The van der Waals surface area contributed by atoms with Gasteiger partial charge in [-0.05, 0) is 37.3 Å². The first-order chi connectivity index (χ1) is 13.1. The molecule has 0 aliphatic heterocycles. The first-order valence-corrected chi connectivity index (χ1v) is 9.55. The summed E-state index contributed by atoms with van der Waals surface area (Å²) in [5, 5.41) is 18.6. The van der Waals surface area contributed by atoms with Gasteiger partial charge in [0.2, 0.25) is 0 Å². The number of phenols is 1. The van der Waals surface area contributed by atoms with Crippen molar-refractivity contribution in [2.75, 3.05) is 4.72 Å². The number of rotatable bonds is 5. The Hall–Kier alpha value is -3.53. The summed E-state index contributed by atoms with van der Waals surface area (Å²) < 4.78 is 30.5. The van der Waals surface area contributed by atoms with E-state index in [9.17, 15) is 23.1 Å². The first kappa shape index (κ1) is 19.2. The molecule has 3 N–H and O–H groups in total. The van der Waals surface area contributed by atoms with Crippen LogP contribution in [-0.4, -0.2) is 34.0 Å². The standard InChI is InChI=1S/C18H17N3O6S/c1-11-16(17(23)21(20(11)2)12-6-4-3-5-7-12)19-28(26,27)13-8-9-15(22)14(10-13)18(24)25/h3-10,19,22H,1-2H3,(H,24,25). The summed E-state index contributed by atoms with van der Waals surface area (Å²) in [4.78, 5) is 23.6. The molecule has 9 nitrogen and oxygen atoms in total. The number of para-hydroxylation sites is 1. The lowest BCUT2D eigenvalue weighted by atomic mass is 10.2. The van der Waals surface area contributed by atoms with Crippen LogP contribution in [0.1, 0.15) is 16.1 Å². The Bertz CT molecular complexity index is 1230. The van der Waals surface area contributed by atoms with Crippen LogP contribution in [0, 0.1) is 6.92 Å². The van der Waals surface area contributed by atoms with E-state index in [0.717, 1.165) is 18.2 Å². The Morgan fingerprint density at radius 1 is 1.11 bits per heavy atom. The van der Waals surface area contributed by atoms with Crippen LogP contribution in [0.15, 0.2) is 58.2 Å². The number of carboxylic acids is 1. The Balaban J connectivity index is 2.09. The number of aromatic carboxylic acids is 1. The van der Waals surface area contributed by atoms with Crippen molar-refractivity contribution in [1.82, 2.24) is 9.36 Å². The first-order valence-electron chi connectivity index (χ1n) is 8.06. The predicted octanol–water partition coefficient (Wildman–Crippen LogP) is 1.69. The highest BCUT2D eigenvalue weighted by atomic mass is 32.2. The van der Waals surface area contributed by atoms with E-state index in [0.29, 0.717) is 11.4 Å². The number of hydrogen-bond donors (Lipinski definition) is 3. The maximum atomic E-state index is 12.8. The molecule has 2 aromatic carbocycles. The fraction of sp³-hybridized carbons (Fsp3) is 0.111. The molecule has 1 heterocycles. The molecule has 1 aromatic heterocycles. The number of aromatic nitrogens is 2. The van der Waals surface area contributed by atoms with E-state index in [-0.39, 0.29) is 5.69 Å². The van der Waals surface area contributed by atoms with Gasteiger partial charge in [0.05, 0.1) is 16.3 Å². The van der Waals surface area contributed by atoms with Gasteiger partial charge in [-0.25, -0.2) is 17.9 Å². The third-order valence-corrected chi connectivity index (χ3v) is 5.65. The number of benzene rings is 2. The molecule has 0 saturated carbocycles. The maximum Gasteiger partial charge on any atom is 0.339 e. The Kier molecular flexibility index (Phi) is 4.73. The second-order valence-electron chi connectivity index (χ2n) is 6.03. The summed E-state index contributed by atoms with van der Waals surface area (Å²) in [7, 11) is -2.65. The number of carbonyl (C=O) groups is 1. The van der Waals surface area contributed by atoms with Gasteiger partial charge < -0.3 is 10.2 Å². The zero-order chi connectivity index (χ0) is 20.6. The highest BCUT2D eigenvalue weighted by Gasteiger charge is 2.24. The lowest BCUT2D eigenvalue weighted by Gasteiger charge is -2.08. The van der Waals surface area contributed by atoms with E-state index >= 15 is 0 Å². The highest BCUT2D eigenvalue weighted by molar-refractivity contribution is 7.92. The summed E-state index contributed by atoms with van der Waals surface area (Å²) >= 11 is 0. The summed E-state index contributed by atoms with van der Waals surface area (Å²) in [6.07, 6.45) is 0. The second kappa shape index (κ2) is 6.89. The molecule has 3 rings (SSSR count). The molecule has 0 atom stereocenters. The number of anilines is 1. The number of hydrogen-bond acceptors (Lipinski definition) is 5. The Morgan fingerprint density at radius 3 is 2.36 bits per heavy atom. The van der Waals surface area contributed by atoms with Crippen molar-refractivity contribution in [2.24, 2.45) is 7.05 Å². The molecule has 3 aromatic rings. The minimum absolute atomic E-state index is 0.156. The largest absolute Gasteiger partial charge is 0.507 e. The molecule has 0 bridgehead atoms. The molecule has 146 valence electrons. The van der Waals surface area contributed by atoms with Crippen molar-refractivity contribution in [3.8, 4) is 11.4 Å². The quantitative estimate of drug-likeness (QED) is 0.594. The van der Waals surface area contributed by atoms with Crippen LogP contribution in [-0.2, 0) is 17.1 Å². The van der Waals surface area contributed by atoms with Crippen LogP contribution in [0.4, 0.5) is 5.69 Å². The SMILES string of the molecule is Cc1c(NS(=O)(=O)c2ccc(O)c(C(=O)O)c2)c(=O)n(-c2ccccc2)n1C. The number of sulfonamides is 1. The molecule has 0 unspecified atom stereocenters. The van der Waals surface area contributed by atoms with E-state index in [1.54, 1.807) is 44.3 Å². The lowest BCUT2D eigenvalue weighted by Crippen LogP contribution is -2.23. The van der Waals surface area contributed by atoms with Crippen molar-refractivity contribution < 1.29 is 23.4 Å². The van der Waals surface area contributed by atoms with E-state index in [4.69, 9.17) is 5.11 Å². The molecule has 0 amide bonds. The summed E-state index contributed by atoms with van der Waals surface area (Å²) in [6, 6.07) is 11.6. The van der Waals surface area contributed by atoms with Crippen LogP contribution < -0.4 is 10.3 Å². The molecule has 0 saturated heterocycles. The molecular formula is C18H17N3O6S. The molecule has 0 aliphatic carbocycles. The minimum atomic E-state index is -4.27. The summed E-state index contributed by atoms with van der Waals surface area (Å²) in [6.45, 7) is 1.58. The monoisotopic (exact) mass is 403 g/mol.